The number of hydrogen-bond acceptors (Lipinski definition) is 7. The van der Waals surface area contributed by atoms with E-state index in [0.717, 1.165) is 5.69 Å². The largest absolute Gasteiger partial charge is 0.507 e. The molecule has 0 aliphatic carbocycles. The Hall–Kier alpha value is -4.46. The Morgan fingerprint density at radius 3 is 2.54 bits per heavy atom. The average Bonchev–Trinajstić information content (AvgIpc) is 3.19. The van der Waals surface area contributed by atoms with E-state index in [4.69, 9.17) is 14.2 Å². The first-order valence-electron chi connectivity index (χ1n) is 13.1. The molecule has 0 aromatic heterocycles. The molecule has 1 fully saturated rings. The van der Waals surface area contributed by atoms with Crippen LogP contribution in [0.3, 0.4) is 0 Å². The van der Waals surface area contributed by atoms with E-state index in [-0.39, 0.29) is 17.4 Å². The molecular weight excluding hydrogens is 496 g/mol. The first kappa shape index (κ1) is 26.2. The number of Topliss-reactive ketones (excluding diaryl/α,β-unsaturated/α-hetero) is 1. The molecule has 1 unspecified atom stereocenters. The highest BCUT2D eigenvalue weighted by Crippen LogP contribution is 2.44. The van der Waals surface area contributed by atoms with Crippen molar-refractivity contribution in [2.75, 3.05) is 36.6 Å². The van der Waals surface area contributed by atoms with Crippen molar-refractivity contribution in [1.29, 1.82) is 0 Å². The predicted octanol–water partition coefficient (Wildman–Crippen LogP) is 5.33. The van der Waals surface area contributed by atoms with Crippen molar-refractivity contribution in [3.8, 4) is 17.2 Å². The van der Waals surface area contributed by atoms with Gasteiger partial charge in [0.2, 0.25) is 0 Å². The third-order valence-electron chi connectivity index (χ3n) is 6.74. The van der Waals surface area contributed by atoms with Crippen LogP contribution < -0.4 is 24.0 Å². The van der Waals surface area contributed by atoms with Crippen molar-refractivity contribution in [3.05, 3.63) is 83.4 Å². The van der Waals surface area contributed by atoms with Crippen LogP contribution in [0.2, 0.25) is 0 Å². The summed E-state index contributed by atoms with van der Waals surface area (Å²) in [5.74, 6) is 0.228. The minimum absolute atomic E-state index is 0.00918. The molecule has 0 spiro atoms. The van der Waals surface area contributed by atoms with Gasteiger partial charge in [-0.2, -0.15) is 0 Å². The summed E-state index contributed by atoms with van der Waals surface area (Å²) in [5.41, 5.74) is 2.39. The number of anilines is 2. The molecule has 39 heavy (non-hydrogen) atoms. The lowest BCUT2D eigenvalue weighted by atomic mass is 9.94. The summed E-state index contributed by atoms with van der Waals surface area (Å²) >= 11 is 0. The third kappa shape index (κ3) is 5.02. The Morgan fingerprint density at radius 2 is 1.82 bits per heavy atom. The monoisotopic (exact) mass is 528 g/mol. The second kappa shape index (κ2) is 10.7. The number of ether oxygens (including phenoxy) is 3. The number of aliphatic hydroxyl groups excluding tert-OH is 1. The van der Waals surface area contributed by atoms with E-state index in [1.807, 2.05) is 50.9 Å². The van der Waals surface area contributed by atoms with Gasteiger partial charge in [0, 0.05) is 18.3 Å². The van der Waals surface area contributed by atoms with Crippen molar-refractivity contribution in [3.63, 3.8) is 0 Å². The van der Waals surface area contributed by atoms with Crippen LogP contribution in [-0.2, 0) is 9.59 Å². The number of aliphatic hydroxyl groups is 1. The second-order valence-corrected chi connectivity index (χ2v) is 9.79. The predicted molar refractivity (Wildman–Crippen MR) is 150 cm³/mol. The summed E-state index contributed by atoms with van der Waals surface area (Å²) in [6.07, 6.45) is -0.0626. The normalized spacial score (nSPS) is 18.2. The zero-order valence-electron chi connectivity index (χ0n) is 22.5. The number of nitrogens with zero attached hydrogens (tertiary/aromatic N) is 2. The molecule has 8 nitrogen and oxygen atoms in total. The fourth-order valence-electron chi connectivity index (χ4n) is 4.97. The van der Waals surface area contributed by atoms with E-state index >= 15 is 0 Å². The fraction of sp³-hybridized carbons (Fsp3) is 0.290. The van der Waals surface area contributed by atoms with Gasteiger partial charge in [0.25, 0.3) is 11.7 Å². The number of amides is 1. The van der Waals surface area contributed by atoms with Crippen molar-refractivity contribution in [1.82, 2.24) is 0 Å². The van der Waals surface area contributed by atoms with Gasteiger partial charge in [0.15, 0.2) is 0 Å². The maximum atomic E-state index is 13.6. The smallest absolute Gasteiger partial charge is 0.300 e. The molecule has 3 aromatic carbocycles. The summed E-state index contributed by atoms with van der Waals surface area (Å²) in [4.78, 5) is 30.6. The van der Waals surface area contributed by atoms with Gasteiger partial charge in [0.05, 0.1) is 36.6 Å². The van der Waals surface area contributed by atoms with Gasteiger partial charge in [-0.3, -0.25) is 14.5 Å². The van der Waals surface area contributed by atoms with Crippen molar-refractivity contribution in [2.24, 2.45) is 0 Å². The van der Waals surface area contributed by atoms with Crippen molar-refractivity contribution >= 4 is 28.8 Å². The molecule has 1 atom stereocenters. The van der Waals surface area contributed by atoms with Crippen LogP contribution in [-0.4, -0.2) is 49.7 Å². The van der Waals surface area contributed by atoms with Gasteiger partial charge in [-0.05, 0) is 80.9 Å². The van der Waals surface area contributed by atoms with Crippen molar-refractivity contribution < 1.29 is 28.9 Å². The Kier molecular flexibility index (Phi) is 7.19. The van der Waals surface area contributed by atoms with E-state index in [0.29, 0.717) is 53.8 Å². The molecule has 5 rings (SSSR count). The standard InChI is InChI=1S/C31H32N2O6/c1-5-37-23-12-10-22(11-13-23)33-28(20-7-6-8-24(17-20)39-19(2)3)27(30(35)31(33)36)29(34)21-9-14-26-25(18-21)32(4)15-16-38-26/h6-14,17-19,28,34H,5,15-16H2,1-4H3/b29-27-. The number of rotatable bonds is 7. The number of benzene rings is 3. The molecule has 202 valence electrons. The van der Waals surface area contributed by atoms with Gasteiger partial charge in [-0.1, -0.05) is 12.1 Å². The highest BCUT2D eigenvalue weighted by Gasteiger charge is 2.47. The van der Waals surface area contributed by atoms with Crippen LogP contribution in [0.4, 0.5) is 11.4 Å². The van der Waals surface area contributed by atoms with Crippen LogP contribution in [0.15, 0.2) is 72.3 Å². The van der Waals surface area contributed by atoms with Crippen molar-refractivity contribution in [2.45, 2.75) is 32.9 Å². The van der Waals surface area contributed by atoms with Crippen LogP contribution in [0.1, 0.15) is 37.9 Å². The first-order valence-corrected chi connectivity index (χ1v) is 13.1. The van der Waals surface area contributed by atoms with Gasteiger partial charge in [0.1, 0.15) is 29.6 Å². The molecule has 1 N–H and O–H groups in total. The minimum atomic E-state index is -0.872. The Balaban J connectivity index is 1.66. The van der Waals surface area contributed by atoms with Gasteiger partial charge >= 0.3 is 0 Å². The summed E-state index contributed by atoms with van der Waals surface area (Å²) in [7, 11) is 1.94. The number of hydrogen-bond donors (Lipinski definition) is 1. The lowest BCUT2D eigenvalue weighted by Crippen LogP contribution is -2.29. The van der Waals surface area contributed by atoms with Gasteiger partial charge < -0.3 is 24.2 Å². The molecule has 1 saturated heterocycles. The average molecular weight is 529 g/mol. The maximum Gasteiger partial charge on any atom is 0.300 e. The molecule has 0 bridgehead atoms. The van der Waals surface area contributed by atoms with Crippen LogP contribution in [0.5, 0.6) is 17.2 Å². The summed E-state index contributed by atoms with van der Waals surface area (Å²) in [6, 6.07) is 18.6. The van der Waals surface area contributed by atoms with E-state index < -0.39 is 17.7 Å². The van der Waals surface area contributed by atoms with Gasteiger partial charge in [-0.15, -0.1) is 0 Å². The SMILES string of the molecule is CCOc1ccc(N2C(=O)C(=O)/C(=C(\O)c3ccc4c(c3)N(C)CCO4)C2c2cccc(OC(C)C)c2)cc1. The molecule has 0 saturated carbocycles. The van der Waals surface area contributed by atoms with E-state index in [2.05, 4.69) is 0 Å². The van der Waals surface area contributed by atoms with Crippen LogP contribution in [0.25, 0.3) is 5.76 Å². The molecule has 1 amide bonds. The lowest BCUT2D eigenvalue weighted by Gasteiger charge is -2.28. The summed E-state index contributed by atoms with van der Waals surface area (Å²) in [6.45, 7) is 7.51. The van der Waals surface area contributed by atoms with E-state index in [1.54, 1.807) is 48.5 Å². The zero-order valence-corrected chi connectivity index (χ0v) is 22.5. The highest BCUT2D eigenvalue weighted by atomic mass is 16.5. The Labute approximate surface area is 228 Å². The zero-order chi connectivity index (χ0) is 27.7. The molecule has 3 aromatic rings. The number of fused-ring (bicyclic) bond motifs is 1. The molecule has 2 heterocycles. The molecule has 8 heteroatoms. The maximum absolute atomic E-state index is 13.6. The lowest BCUT2D eigenvalue weighted by molar-refractivity contribution is -0.132. The second-order valence-electron chi connectivity index (χ2n) is 9.79. The Morgan fingerprint density at radius 1 is 1.05 bits per heavy atom. The third-order valence-corrected chi connectivity index (χ3v) is 6.74. The quantitative estimate of drug-likeness (QED) is 0.252. The molecule has 2 aliphatic heterocycles. The summed E-state index contributed by atoms with van der Waals surface area (Å²) < 4.78 is 17.2. The number of ketones is 1. The van der Waals surface area contributed by atoms with Crippen LogP contribution >= 0.6 is 0 Å². The highest BCUT2D eigenvalue weighted by molar-refractivity contribution is 6.51. The minimum Gasteiger partial charge on any atom is -0.507 e. The van der Waals surface area contributed by atoms with Gasteiger partial charge in [-0.25, -0.2) is 0 Å². The number of carbonyl (C=O) groups is 2. The summed E-state index contributed by atoms with van der Waals surface area (Å²) in [5, 5.41) is 11.6. The molecular formula is C31H32N2O6. The number of likely N-dealkylation sites (N-methyl/N-ethyl adjacent to an activating group) is 1. The van der Waals surface area contributed by atoms with E-state index in [9.17, 15) is 14.7 Å². The molecule has 0 radical (unpaired) electrons. The molecule has 2 aliphatic rings. The fourth-order valence-corrected chi connectivity index (χ4v) is 4.97. The van der Waals surface area contributed by atoms with Crippen LogP contribution in [0, 0.1) is 0 Å². The van der Waals surface area contributed by atoms with E-state index in [1.165, 1.54) is 4.90 Å². The Bertz CT molecular complexity index is 1430. The topological polar surface area (TPSA) is 88.5 Å². The number of carbonyl (C=O) groups excluding carboxylic acids is 2. The first-order chi connectivity index (χ1) is 18.8.